The minimum Gasteiger partial charge on any atom is -0.481 e. The van der Waals surface area contributed by atoms with Crippen molar-refractivity contribution in [3.8, 4) is 5.88 Å². The molecule has 0 bridgehead atoms. The molecule has 2 aromatic rings. The van der Waals surface area contributed by atoms with E-state index in [1.807, 2.05) is 31.2 Å². The first-order valence-electron chi connectivity index (χ1n) is 9.04. The number of thioether (sulfide) groups is 1. The maximum absolute atomic E-state index is 6.13. The van der Waals surface area contributed by atoms with Crippen LogP contribution in [0, 0.1) is 6.92 Å². The SMILES string of the molecule is COc1ncccc1CN1CC2(C[C@H](OCc3cccc(C)n3)CS2)C1. The predicted octanol–water partition coefficient (Wildman–Crippen LogP) is 3.07. The number of methoxy groups -OCH3 is 1. The van der Waals surface area contributed by atoms with Gasteiger partial charge in [0.05, 0.1) is 25.5 Å². The van der Waals surface area contributed by atoms with E-state index in [0.717, 1.165) is 54.6 Å². The molecule has 0 aromatic carbocycles. The molecular weight excluding hydrogens is 346 g/mol. The van der Waals surface area contributed by atoms with Crippen molar-refractivity contribution in [3.05, 3.63) is 53.5 Å². The van der Waals surface area contributed by atoms with E-state index in [4.69, 9.17) is 9.47 Å². The Morgan fingerprint density at radius 2 is 2.15 bits per heavy atom. The average Bonchev–Trinajstić information content (AvgIpc) is 3.05. The van der Waals surface area contributed by atoms with Crippen LogP contribution in [0.25, 0.3) is 0 Å². The predicted molar refractivity (Wildman–Crippen MR) is 103 cm³/mol. The largest absolute Gasteiger partial charge is 0.481 e. The van der Waals surface area contributed by atoms with E-state index in [1.165, 1.54) is 0 Å². The fourth-order valence-electron chi connectivity index (χ4n) is 3.86. The van der Waals surface area contributed by atoms with Crippen LogP contribution >= 0.6 is 11.8 Å². The van der Waals surface area contributed by atoms with Crippen LogP contribution in [-0.2, 0) is 17.9 Å². The molecule has 2 aliphatic rings. The maximum atomic E-state index is 6.13. The zero-order chi connectivity index (χ0) is 18.0. The van der Waals surface area contributed by atoms with Gasteiger partial charge in [0.2, 0.25) is 5.88 Å². The Hall–Kier alpha value is -1.63. The van der Waals surface area contributed by atoms with Gasteiger partial charge in [-0.3, -0.25) is 9.88 Å². The van der Waals surface area contributed by atoms with Crippen LogP contribution in [-0.4, -0.2) is 51.7 Å². The summed E-state index contributed by atoms with van der Waals surface area (Å²) < 4.78 is 11.9. The van der Waals surface area contributed by atoms with E-state index < -0.39 is 0 Å². The number of ether oxygens (including phenoxy) is 2. The molecule has 1 spiro atoms. The maximum Gasteiger partial charge on any atom is 0.217 e. The summed E-state index contributed by atoms with van der Waals surface area (Å²) in [6, 6.07) is 10.2. The van der Waals surface area contributed by atoms with Crippen LogP contribution in [0.1, 0.15) is 23.4 Å². The van der Waals surface area contributed by atoms with Crippen molar-refractivity contribution in [3.63, 3.8) is 0 Å². The van der Waals surface area contributed by atoms with Gasteiger partial charge in [-0.1, -0.05) is 12.1 Å². The van der Waals surface area contributed by atoms with Crippen LogP contribution in [0.3, 0.4) is 0 Å². The summed E-state index contributed by atoms with van der Waals surface area (Å²) in [7, 11) is 1.68. The Labute approximate surface area is 159 Å². The third kappa shape index (κ3) is 3.87. The second-order valence-electron chi connectivity index (χ2n) is 7.22. The van der Waals surface area contributed by atoms with Gasteiger partial charge in [-0.25, -0.2) is 4.98 Å². The second kappa shape index (κ2) is 7.55. The van der Waals surface area contributed by atoms with Crippen molar-refractivity contribution in [1.29, 1.82) is 0 Å². The molecule has 0 saturated carbocycles. The molecule has 2 saturated heterocycles. The zero-order valence-electron chi connectivity index (χ0n) is 15.4. The first kappa shape index (κ1) is 17.8. The molecular formula is C20H25N3O2S. The standard InChI is InChI=1S/C20H25N3O2S/c1-15-5-3-7-17(22-15)11-25-18-9-20(26-12-18)13-23(14-20)10-16-6-4-8-21-19(16)24-2/h3-8,18H,9-14H2,1-2H3/t18-/m0/s1. The van der Waals surface area contributed by atoms with Gasteiger partial charge in [-0.15, -0.1) is 11.8 Å². The molecule has 0 amide bonds. The lowest BCUT2D eigenvalue weighted by molar-refractivity contribution is 0.0249. The molecule has 4 heterocycles. The van der Waals surface area contributed by atoms with E-state index in [0.29, 0.717) is 17.5 Å². The Bertz CT molecular complexity index is 764. The average molecular weight is 372 g/mol. The Morgan fingerprint density at radius 1 is 1.27 bits per heavy atom. The summed E-state index contributed by atoms with van der Waals surface area (Å²) in [5, 5.41) is 0. The fraction of sp³-hybridized carbons (Fsp3) is 0.500. The van der Waals surface area contributed by atoms with Gasteiger partial charge in [0.15, 0.2) is 0 Å². The normalized spacial score (nSPS) is 21.7. The number of hydrogen-bond acceptors (Lipinski definition) is 6. The number of pyridine rings is 2. The van der Waals surface area contributed by atoms with E-state index >= 15 is 0 Å². The molecule has 0 aliphatic carbocycles. The van der Waals surface area contributed by atoms with E-state index in [1.54, 1.807) is 13.3 Å². The highest BCUT2D eigenvalue weighted by atomic mass is 32.2. The van der Waals surface area contributed by atoms with Gasteiger partial charge in [0, 0.05) is 47.6 Å². The number of hydrogen-bond donors (Lipinski definition) is 0. The molecule has 6 heteroatoms. The van der Waals surface area contributed by atoms with Gasteiger partial charge in [0.25, 0.3) is 0 Å². The van der Waals surface area contributed by atoms with Gasteiger partial charge in [0.1, 0.15) is 0 Å². The van der Waals surface area contributed by atoms with E-state index in [2.05, 4.69) is 32.7 Å². The monoisotopic (exact) mass is 371 g/mol. The molecule has 2 fully saturated rings. The van der Waals surface area contributed by atoms with Crippen molar-refractivity contribution in [1.82, 2.24) is 14.9 Å². The number of aromatic nitrogens is 2. The van der Waals surface area contributed by atoms with Crippen LogP contribution < -0.4 is 4.74 Å². The minimum atomic E-state index is 0.331. The molecule has 26 heavy (non-hydrogen) atoms. The molecule has 0 N–H and O–H groups in total. The summed E-state index contributed by atoms with van der Waals surface area (Å²) in [5.74, 6) is 1.81. The van der Waals surface area contributed by atoms with Crippen LogP contribution in [0.4, 0.5) is 0 Å². The first-order valence-corrected chi connectivity index (χ1v) is 10.0. The van der Waals surface area contributed by atoms with Crippen LogP contribution in [0.15, 0.2) is 36.5 Å². The highest BCUT2D eigenvalue weighted by molar-refractivity contribution is 8.01. The van der Waals surface area contributed by atoms with E-state index in [9.17, 15) is 0 Å². The van der Waals surface area contributed by atoms with Crippen LogP contribution in [0.5, 0.6) is 5.88 Å². The lowest BCUT2D eigenvalue weighted by Gasteiger charge is -2.47. The lowest BCUT2D eigenvalue weighted by Crippen LogP contribution is -2.58. The van der Waals surface area contributed by atoms with Gasteiger partial charge in [-0.2, -0.15) is 0 Å². The molecule has 2 aromatic heterocycles. The highest BCUT2D eigenvalue weighted by Crippen LogP contribution is 2.46. The molecule has 138 valence electrons. The van der Waals surface area contributed by atoms with Gasteiger partial charge in [-0.05, 0) is 31.5 Å². The molecule has 0 radical (unpaired) electrons. The Balaban J connectivity index is 1.26. The van der Waals surface area contributed by atoms with Gasteiger partial charge >= 0.3 is 0 Å². The third-order valence-electron chi connectivity index (χ3n) is 5.05. The molecule has 1 atom stereocenters. The summed E-state index contributed by atoms with van der Waals surface area (Å²) in [4.78, 5) is 11.3. The number of aryl methyl sites for hydroxylation is 1. The van der Waals surface area contributed by atoms with Crippen molar-refractivity contribution in [2.75, 3.05) is 26.0 Å². The quantitative estimate of drug-likeness (QED) is 0.778. The van der Waals surface area contributed by atoms with Crippen LogP contribution in [0.2, 0.25) is 0 Å². The first-order chi connectivity index (χ1) is 12.7. The third-order valence-corrected chi connectivity index (χ3v) is 6.62. The minimum absolute atomic E-state index is 0.331. The van der Waals surface area contributed by atoms with E-state index in [-0.39, 0.29) is 0 Å². The van der Waals surface area contributed by atoms with Crippen molar-refractivity contribution in [2.24, 2.45) is 0 Å². The molecule has 4 rings (SSSR count). The zero-order valence-corrected chi connectivity index (χ0v) is 16.2. The fourth-order valence-corrected chi connectivity index (χ4v) is 5.47. The number of rotatable bonds is 6. The summed E-state index contributed by atoms with van der Waals surface area (Å²) in [5.41, 5.74) is 3.23. The van der Waals surface area contributed by atoms with Crippen molar-refractivity contribution in [2.45, 2.75) is 37.3 Å². The lowest BCUT2D eigenvalue weighted by atomic mass is 9.92. The topological polar surface area (TPSA) is 47.5 Å². The smallest absolute Gasteiger partial charge is 0.217 e. The molecule has 0 unspecified atom stereocenters. The summed E-state index contributed by atoms with van der Waals surface area (Å²) >= 11 is 2.07. The summed E-state index contributed by atoms with van der Waals surface area (Å²) in [6.07, 6.45) is 3.24. The number of nitrogens with zero attached hydrogens (tertiary/aromatic N) is 3. The molecule has 2 aliphatic heterocycles. The van der Waals surface area contributed by atoms with Crippen molar-refractivity contribution < 1.29 is 9.47 Å². The second-order valence-corrected chi connectivity index (χ2v) is 8.71. The highest BCUT2D eigenvalue weighted by Gasteiger charge is 2.49. The number of likely N-dealkylation sites (tertiary alicyclic amines) is 1. The van der Waals surface area contributed by atoms with Gasteiger partial charge < -0.3 is 9.47 Å². The Kier molecular flexibility index (Phi) is 5.16. The molecule has 5 nitrogen and oxygen atoms in total. The Morgan fingerprint density at radius 3 is 2.96 bits per heavy atom. The van der Waals surface area contributed by atoms with Crippen molar-refractivity contribution >= 4 is 11.8 Å². The summed E-state index contributed by atoms with van der Waals surface area (Å²) in [6.45, 7) is 5.75.